The lowest BCUT2D eigenvalue weighted by atomic mass is 10.1. The molecule has 3 heteroatoms. The molecule has 25 heavy (non-hydrogen) atoms. The minimum atomic E-state index is 0.224. The molecule has 2 aromatic rings. The fourth-order valence-corrected chi connectivity index (χ4v) is 2.68. The van der Waals surface area contributed by atoms with Gasteiger partial charge < -0.3 is 10.1 Å². The van der Waals surface area contributed by atoms with Crippen LogP contribution in [0.15, 0.2) is 54.6 Å². The van der Waals surface area contributed by atoms with Gasteiger partial charge in [0.25, 0.3) is 0 Å². The zero-order valence-electron chi connectivity index (χ0n) is 15.2. The number of hydrogen-bond acceptors (Lipinski definition) is 3. The summed E-state index contributed by atoms with van der Waals surface area (Å²) in [5, 5.41) is 3.41. The molecule has 0 heterocycles. The summed E-state index contributed by atoms with van der Waals surface area (Å²) in [5.74, 6) is 0.224. The van der Waals surface area contributed by atoms with Crippen molar-refractivity contribution in [3.05, 3.63) is 65.7 Å². The van der Waals surface area contributed by atoms with Crippen LogP contribution in [0.1, 0.15) is 54.9 Å². The van der Waals surface area contributed by atoms with Crippen molar-refractivity contribution in [3.8, 4) is 0 Å². The van der Waals surface area contributed by atoms with Crippen molar-refractivity contribution in [3.63, 3.8) is 0 Å². The molecule has 0 fully saturated rings. The van der Waals surface area contributed by atoms with Crippen molar-refractivity contribution in [2.45, 2.75) is 45.6 Å². The summed E-state index contributed by atoms with van der Waals surface area (Å²) in [6.45, 7) is 4.45. The minimum absolute atomic E-state index is 0.224. The first-order chi connectivity index (χ1) is 12.3. The third-order valence-corrected chi connectivity index (χ3v) is 4.07. The highest BCUT2D eigenvalue weighted by molar-refractivity contribution is 5.96. The molecule has 0 aliphatic heterocycles. The quantitative estimate of drug-likeness (QED) is 0.412. The maximum Gasteiger partial charge on any atom is 0.162 e. The van der Waals surface area contributed by atoms with Gasteiger partial charge in [0.05, 0.1) is 6.61 Å². The Hall–Kier alpha value is -2.13. The van der Waals surface area contributed by atoms with Crippen molar-refractivity contribution in [1.29, 1.82) is 0 Å². The number of hydrogen-bond donors (Lipinski definition) is 1. The van der Waals surface area contributed by atoms with Crippen molar-refractivity contribution < 1.29 is 9.53 Å². The molecule has 0 aromatic heterocycles. The van der Waals surface area contributed by atoms with Gasteiger partial charge in [-0.2, -0.15) is 0 Å². The molecule has 0 saturated heterocycles. The van der Waals surface area contributed by atoms with Gasteiger partial charge in [0.15, 0.2) is 5.78 Å². The second kappa shape index (κ2) is 11.4. The summed E-state index contributed by atoms with van der Waals surface area (Å²) in [6.07, 6.45) is 4.82. The Bertz CT molecular complexity index is 625. The van der Waals surface area contributed by atoms with Crippen molar-refractivity contribution in [2.75, 3.05) is 18.5 Å². The fraction of sp³-hybridized carbons (Fsp3) is 0.409. The molecule has 0 bridgehead atoms. The lowest BCUT2D eigenvalue weighted by molar-refractivity contribution is 0.0982. The monoisotopic (exact) mass is 339 g/mol. The van der Waals surface area contributed by atoms with Crippen LogP contribution in [0.2, 0.25) is 0 Å². The average Bonchev–Trinajstić information content (AvgIpc) is 2.65. The molecule has 2 rings (SSSR count). The third-order valence-electron chi connectivity index (χ3n) is 4.07. The predicted molar refractivity (Wildman–Crippen MR) is 104 cm³/mol. The molecule has 0 amide bonds. The predicted octanol–water partition coefficient (Wildman–Crippen LogP) is 5.47. The first-order valence-corrected chi connectivity index (χ1v) is 9.28. The highest BCUT2D eigenvalue weighted by Crippen LogP contribution is 2.13. The second-order valence-electron chi connectivity index (χ2n) is 6.28. The summed E-state index contributed by atoms with van der Waals surface area (Å²) >= 11 is 0. The molecular weight excluding hydrogens is 310 g/mol. The molecule has 0 radical (unpaired) electrons. The molecule has 134 valence electrons. The molecule has 2 aromatic carbocycles. The second-order valence-corrected chi connectivity index (χ2v) is 6.28. The number of Topliss-reactive ketones (excluding diaryl/α,β-unsaturated/α-hetero) is 1. The van der Waals surface area contributed by atoms with Crippen molar-refractivity contribution >= 4 is 11.5 Å². The van der Waals surface area contributed by atoms with Crippen LogP contribution < -0.4 is 5.32 Å². The summed E-state index contributed by atoms with van der Waals surface area (Å²) < 4.78 is 5.69. The lowest BCUT2D eigenvalue weighted by Crippen LogP contribution is -2.04. The van der Waals surface area contributed by atoms with Gasteiger partial charge in [-0.1, -0.05) is 49.4 Å². The molecule has 0 saturated carbocycles. The molecule has 0 atom stereocenters. The van der Waals surface area contributed by atoms with Crippen LogP contribution in [0.4, 0.5) is 5.69 Å². The fourth-order valence-electron chi connectivity index (χ4n) is 2.68. The molecule has 0 aliphatic rings. The maximum absolute atomic E-state index is 11.9. The minimum Gasteiger partial charge on any atom is -0.385 e. The number of anilines is 1. The van der Waals surface area contributed by atoms with E-state index in [2.05, 4.69) is 17.4 Å². The Labute approximate surface area is 151 Å². The number of carbonyl (C=O) groups excluding carboxylic acids is 1. The molecule has 0 aliphatic carbocycles. The van der Waals surface area contributed by atoms with E-state index >= 15 is 0 Å². The number of benzene rings is 2. The van der Waals surface area contributed by atoms with E-state index in [1.165, 1.54) is 5.56 Å². The summed E-state index contributed by atoms with van der Waals surface area (Å²) in [6, 6.07) is 18.1. The number of rotatable bonds is 12. The van der Waals surface area contributed by atoms with E-state index in [4.69, 9.17) is 4.74 Å². The number of ketones is 1. The van der Waals surface area contributed by atoms with Gasteiger partial charge in [-0.15, -0.1) is 0 Å². The molecular formula is C22H29NO2. The normalized spacial score (nSPS) is 10.6. The van der Waals surface area contributed by atoms with E-state index in [1.54, 1.807) is 0 Å². The summed E-state index contributed by atoms with van der Waals surface area (Å²) in [7, 11) is 0. The SMILES string of the molecule is CCCC(=O)c1cccc(NCCCCCOCc2ccccc2)c1. The molecule has 1 N–H and O–H groups in total. The molecule has 0 unspecified atom stereocenters. The largest absolute Gasteiger partial charge is 0.385 e. The molecule has 3 nitrogen and oxygen atoms in total. The van der Waals surface area contributed by atoms with E-state index < -0.39 is 0 Å². The van der Waals surface area contributed by atoms with Crippen LogP contribution >= 0.6 is 0 Å². The first-order valence-electron chi connectivity index (χ1n) is 9.28. The Morgan fingerprint density at radius 3 is 2.64 bits per heavy atom. The van der Waals surface area contributed by atoms with E-state index in [0.717, 1.165) is 50.1 Å². The standard InChI is InChI=1S/C22H29NO2/c1-2-10-22(24)20-13-9-14-21(17-20)23-15-7-4-8-16-25-18-19-11-5-3-6-12-19/h3,5-6,9,11-14,17,23H,2,4,7-8,10,15-16,18H2,1H3. The number of carbonyl (C=O) groups is 1. The van der Waals surface area contributed by atoms with Crippen molar-refractivity contribution in [2.24, 2.45) is 0 Å². The lowest BCUT2D eigenvalue weighted by Gasteiger charge is -2.08. The topological polar surface area (TPSA) is 38.3 Å². The highest BCUT2D eigenvalue weighted by atomic mass is 16.5. The van der Waals surface area contributed by atoms with Crippen LogP contribution in [0, 0.1) is 0 Å². The van der Waals surface area contributed by atoms with E-state index in [1.807, 2.05) is 49.4 Å². The smallest absolute Gasteiger partial charge is 0.162 e. The van der Waals surface area contributed by atoms with Gasteiger partial charge >= 0.3 is 0 Å². The molecule has 0 spiro atoms. The summed E-state index contributed by atoms with van der Waals surface area (Å²) in [5.41, 5.74) is 3.06. The van der Waals surface area contributed by atoms with Gasteiger partial charge in [0, 0.05) is 30.8 Å². The summed E-state index contributed by atoms with van der Waals surface area (Å²) in [4.78, 5) is 11.9. The van der Waals surface area contributed by atoms with Gasteiger partial charge in [-0.05, 0) is 43.4 Å². The van der Waals surface area contributed by atoms with Crippen LogP contribution in [-0.2, 0) is 11.3 Å². The zero-order chi connectivity index (χ0) is 17.7. The van der Waals surface area contributed by atoms with Gasteiger partial charge in [-0.3, -0.25) is 4.79 Å². The zero-order valence-corrected chi connectivity index (χ0v) is 15.2. The van der Waals surface area contributed by atoms with Crippen LogP contribution in [0.25, 0.3) is 0 Å². The van der Waals surface area contributed by atoms with E-state index in [-0.39, 0.29) is 5.78 Å². The van der Waals surface area contributed by atoms with Crippen LogP contribution in [0.5, 0.6) is 0 Å². The van der Waals surface area contributed by atoms with E-state index in [0.29, 0.717) is 13.0 Å². The third kappa shape index (κ3) is 7.53. The number of ether oxygens (including phenoxy) is 1. The van der Waals surface area contributed by atoms with Gasteiger partial charge in [-0.25, -0.2) is 0 Å². The first kappa shape index (κ1) is 19.2. The van der Waals surface area contributed by atoms with E-state index in [9.17, 15) is 4.79 Å². The Morgan fingerprint density at radius 2 is 1.84 bits per heavy atom. The van der Waals surface area contributed by atoms with Crippen molar-refractivity contribution in [1.82, 2.24) is 0 Å². The number of nitrogens with one attached hydrogen (secondary N) is 1. The van der Waals surface area contributed by atoms with Gasteiger partial charge in [0.1, 0.15) is 0 Å². The number of unbranched alkanes of at least 4 members (excludes halogenated alkanes) is 2. The average molecular weight is 339 g/mol. The van der Waals surface area contributed by atoms with Crippen LogP contribution in [0.3, 0.4) is 0 Å². The Balaban J connectivity index is 1.55. The maximum atomic E-state index is 11.9. The Morgan fingerprint density at radius 1 is 1.00 bits per heavy atom. The Kier molecular flexibility index (Phi) is 8.78. The highest BCUT2D eigenvalue weighted by Gasteiger charge is 2.04. The van der Waals surface area contributed by atoms with Gasteiger partial charge in [0.2, 0.25) is 0 Å². The van der Waals surface area contributed by atoms with Crippen LogP contribution in [-0.4, -0.2) is 18.9 Å².